The molecule has 0 amide bonds. The summed E-state index contributed by atoms with van der Waals surface area (Å²) in [6, 6.07) is 11.0. The van der Waals surface area contributed by atoms with Crippen LogP contribution in [0.4, 0.5) is 5.82 Å². The summed E-state index contributed by atoms with van der Waals surface area (Å²) >= 11 is 0. The minimum Gasteiger partial charge on any atom is -0.367 e. The van der Waals surface area contributed by atoms with Crippen LogP contribution in [0.1, 0.15) is 37.2 Å². The molecule has 1 N–H and O–H groups in total. The Hall–Kier alpha value is -2.36. The quantitative estimate of drug-likeness (QED) is 0.770. The van der Waals surface area contributed by atoms with Crippen molar-refractivity contribution in [2.75, 3.05) is 5.32 Å². The third kappa shape index (κ3) is 2.93. The normalized spacial score (nSPS) is 12.6. The largest absolute Gasteiger partial charge is 0.367 e. The highest BCUT2D eigenvalue weighted by Crippen LogP contribution is 2.29. The van der Waals surface area contributed by atoms with Crippen molar-refractivity contribution in [2.24, 2.45) is 0 Å². The number of rotatable bonds is 4. The van der Waals surface area contributed by atoms with E-state index in [4.69, 9.17) is 10.1 Å². The average Bonchev–Trinajstić information content (AvgIpc) is 2.84. The number of aromatic nitrogens is 3. The minimum atomic E-state index is 0.396. The van der Waals surface area contributed by atoms with Crippen LogP contribution in [0.3, 0.4) is 0 Å². The first-order chi connectivity index (χ1) is 11.0. The second kappa shape index (κ2) is 6.03. The van der Waals surface area contributed by atoms with Gasteiger partial charge in [0, 0.05) is 23.4 Å². The maximum Gasteiger partial charge on any atom is 0.165 e. The van der Waals surface area contributed by atoms with E-state index < -0.39 is 0 Å². The first-order valence-electron chi connectivity index (χ1n) is 8.20. The van der Waals surface area contributed by atoms with Crippen LogP contribution < -0.4 is 5.32 Å². The van der Waals surface area contributed by atoms with E-state index in [0.29, 0.717) is 6.04 Å². The van der Waals surface area contributed by atoms with Gasteiger partial charge in [0.1, 0.15) is 5.82 Å². The molecule has 23 heavy (non-hydrogen) atoms. The van der Waals surface area contributed by atoms with Crippen molar-refractivity contribution < 1.29 is 0 Å². The minimum absolute atomic E-state index is 0.396. The maximum atomic E-state index is 4.75. The smallest absolute Gasteiger partial charge is 0.165 e. The lowest BCUT2D eigenvalue weighted by molar-refractivity contribution is 0.747. The molecule has 0 saturated carbocycles. The molecule has 2 aromatic heterocycles. The van der Waals surface area contributed by atoms with Crippen LogP contribution in [0.15, 0.2) is 30.3 Å². The fourth-order valence-corrected chi connectivity index (χ4v) is 2.76. The van der Waals surface area contributed by atoms with Crippen molar-refractivity contribution >= 4 is 11.5 Å². The molecule has 0 spiro atoms. The van der Waals surface area contributed by atoms with E-state index in [1.807, 2.05) is 18.4 Å². The number of benzene rings is 1. The van der Waals surface area contributed by atoms with Gasteiger partial charge in [0.05, 0.1) is 5.69 Å². The monoisotopic (exact) mass is 308 g/mol. The first-order valence-corrected chi connectivity index (χ1v) is 8.20. The van der Waals surface area contributed by atoms with Gasteiger partial charge in [-0.3, -0.25) is 0 Å². The van der Waals surface area contributed by atoms with Gasteiger partial charge in [0.2, 0.25) is 0 Å². The number of hydrogen-bond acceptors (Lipinski definition) is 3. The van der Waals surface area contributed by atoms with Crippen molar-refractivity contribution in [2.45, 2.75) is 47.1 Å². The Bertz CT molecular complexity index is 831. The molecule has 0 bridgehead atoms. The molecule has 3 aromatic rings. The summed E-state index contributed by atoms with van der Waals surface area (Å²) in [6.07, 6.45) is 1.06. The summed E-state index contributed by atoms with van der Waals surface area (Å²) in [4.78, 5) is 4.75. The molecule has 2 heterocycles. The van der Waals surface area contributed by atoms with Crippen LogP contribution in [0.5, 0.6) is 0 Å². The highest BCUT2D eigenvalue weighted by Gasteiger charge is 2.16. The van der Waals surface area contributed by atoms with Gasteiger partial charge in [0.15, 0.2) is 5.65 Å². The molecule has 0 radical (unpaired) electrons. The van der Waals surface area contributed by atoms with Crippen LogP contribution in [0.25, 0.3) is 16.8 Å². The lowest BCUT2D eigenvalue weighted by Crippen LogP contribution is -2.16. The summed E-state index contributed by atoms with van der Waals surface area (Å²) in [5, 5.41) is 8.27. The number of anilines is 1. The van der Waals surface area contributed by atoms with Crippen molar-refractivity contribution in [1.29, 1.82) is 0 Å². The van der Waals surface area contributed by atoms with Crippen molar-refractivity contribution in [3.63, 3.8) is 0 Å². The number of nitrogens with one attached hydrogen (secondary N) is 1. The van der Waals surface area contributed by atoms with Gasteiger partial charge < -0.3 is 5.32 Å². The van der Waals surface area contributed by atoms with Crippen LogP contribution in [-0.2, 0) is 0 Å². The average molecular weight is 308 g/mol. The van der Waals surface area contributed by atoms with Gasteiger partial charge in [-0.15, -0.1) is 0 Å². The summed E-state index contributed by atoms with van der Waals surface area (Å²) in [6.45, 7) is 10.5. The highest BCUT2D eigenvalue weighted by molar-refractivity contribution is 5.81. The van der Waals surface area contributed by atoms with Gasteiger partial charge in [-0.25, -0.2) is 4.98 Å². The molecular formula is C19H24N4. The van der Waals surface area contributed by atoms with Crippen LogP contribution in [0, 0.1) is 20.8 Å². The second-order valence-electron chi connectivity index (χ2n) is 6.30. The lowest BCUT2D eigenvalue weighted by atomic mass is 10.0. The lowest BCUT2D eigenvalue weighted by Gasteiger charge is -2.14. The van der Waals surface area contributed by atoms with Crippen LogP contribution in [0.2, 0.25) is 0 Å². The van der Waals surface area contributed by atoms with E-state index in [2.05, 4.69) is 56.4 Å². The molecule has 3 rings (SSSR count). The third-order valence-electron chi connectivity index (χ3n) is 4.24. The first kappa shape index (κ1) is 15.5. The molecule has 1 aromatic carbocycles. The van der Waals surface area contributed by atoms with E-state index in [1.54, 1.807) is 0 Å². The van der Waals surface area contributed by atoms with Gasteiger partial charge in [-0.05, 0) is 39.7 Å². The molecule has 0 saturated heterocycles. The molecule has 120 valence electrons. The number of aryl methyl sites for hydroxylation is 3. The summed E-state index contributed by atoms with van der Waals surface area (Å²) in [5.74, 6) is 1.00. The molecule has 4 heteroatoms. The molecule has 0 aliphatic carbocycles. The van der Waals surface area contributed by atoms with Crippen LogP contribution >= 0.6 is 0 Å². The van der Waals surface area contributed by atoms with E-state index in [9.17, 15) is 0 Å². The highest BCUT2D eigenvalue weighted by atomic mass is 15.3. The standard InChI is InChI=1S/C19H24N4/c1-6-13(3)20-17-11-14(4)21-19-18(15(5)22-23(17)19)16-9-7-12(2)8-10-16/h7-11,13,20H,6H2,1-5H3. The molecule has 0 fully saturated rings. The molecule has 0 aliphatic rings. The summed E-state index contributed by atoms with van der Waals surface area (Å²) in [7, 11) is 0. The molecule has 1 atom stereocenters. The summed E-state index contributed by atoms with van der Waals surface area (Å²) in [5.41, 5.74) is 6.44. The topological polar surface area (TPSA) is 42.2 Å². The van der Waals surface area contributed by atoms with Gasteiger partial charge in [0.25, 0.3) is 0 Å². The maximum absolute atomic E-state index is 4.75. The Morgan fingerprint density at radius 2 is 1.83 bits per heavy atom. The molecule has 1 unspecified atom stereocenters. The SMILES string of the molecule is CCC(C)Nc1cc(C)nc2c(-c3ccc(C)cc3)c(C)nn12. The van der Waals surface area contributed by atoms with E-state index in [1.165, 1.54) is 5.56 Å². The predicted molar refractivity (Wildman–Crippen MR) is 96.0 cm³/mol. The van der Waals surface area contributed by atoms with E-state index in [0.717, 1.165) is 40.4 Å². The Kier molecular flexibility index (Phi) is 4.07. The third-order valence-corrected chi connectivity index (χ3v) is 4.24. The fraction of sp³-hybridized carbons (Fsp3) is 0.368. The number of hydrogen-bond donors (Lipinski definition) is 1. The van der Waals surface area contributed by atoms with Crippen molar-refractivity contribution in [1.82, 2.24) is 14.6 Å². The van der Waals surface area contributed by atoms with E-state index in [-0.39, 0.29) is 0 Å². The second-order valence-corrected chi connectivity index (χ2v) is 6.30. The zero-order chi connectivity index (χ0) is 16.6. The Labute approximate surface area is 137 Å². The predicted octanol–water partition coefficient (Wildman–Crippen LogP) is 4.53. The van der Waals surface area contributed by atoms with Gasteiger partial charge in [-0.1, -0.05) is 36.8 Å². The summed E-state index contributed by atoms with van der Waals surface area (Å²) < 4.78 is 1.93. The number of fused-ring (bicyclic) bond motifs is 1. The zero-order valence-electron chi connectivity index (χ0n) is 14.5. The van der Waals surface area contributed by atoms with Crippen LogP contribution in [-0.4, -0.2) is 20.6 Å². The Morgan fingerprint density at radius 1 is 1.13 bits per heavy atom. The molecule has 0 aliphatic heterocycles. The fourth-order valence-electron chi connectivity index (χ4n) is 2.76. The zero-order valence-corrected chi connectivity index (χ0v) is 14.5. The van der Waals surface area contributed by atoms with Crippen molar-refractivity contribution in [3.05, 3.63) is 47.3 Å². The van der Waals surface area contributed by atoms with Gasteiger partial charge >= 0.3 is 0 Å². The molecule has 4 nitrogen and oxygen atoms in total. The molecular weight excluding hydrogens is 284 g/mol. The van der Waals surface area contributed by atoms with Crippen molar-refractivity contribution in [3.8, 4) is 11.1 Å². The Balaban J connectivity index is 2.20. The van der Waals surface area contributed by atoms with Gasteiger partial charge in [-0.2, -0.15) is 9.61 Å². The number of nitrogens with zero attached hydrogens (tertiary/aromatic N) is 3. The van der Waals surface area contributed by atoms with E-state index >= 15 is 0 Å². The Morgan fingerprint density at radius 3 is 2.48 bits per heavy atom.